The van der Waals surface area contributed by atoms with E-state index in [0.717, 1.165) is 36.4 Å². The van der Waals surface area contributed by atoms with Crippen molar-refractivity contribution in [3.63, 3.8) is 0 Å². The number of halogens is 3. The van der Waals surface area contributed by atoms with E-state index in [1.165, 1.54) is 5.82 Å². The minimum absolute atomic E-state index is 0. The third-order valence-corrected chi connectivity index (χ3v) is 5.75. The van der Waals surface area contributed by atoms with Crippen LogP contribution in [0.1, 0.15) is 29.5 Å². The van der Waals surface area contributed by atoms with Crippen LogP contribution in [0.15, 0.2) is 48.7 Å². The standard InChI is InChI=1S/C22H21Cl2N2O2.BrH/c1-2-28-17-8-5-15(6-9-17)21(27)14-25-13-20(26-11-3-4-22(25)26)16-7-10-18(23)19(24)12-16;/h5-10,12-13H,2-4,11,14H2,1H3;1H/q+1;/p-1. The van der Waals surface area contributed by atoms with Crippen LogP contribution in [0.2, 0.25) is 10.0 Å². The topological polar surface area (TPSA) is 35.1 Å². The van der Waals surface area contributed by atoms with Gasteiger partial charge in [0.2, 0.25) is 5.78 Å². The molecule has 29 heavy (non-hydrogen) atoms. The maximum Gasteiger partial charge on any atom is 0.257 e. The van der Waals surface area contributed by atoms with Crippen LogP contribution in [0.3, 0.4) is 0 Å². The summed E-state index contributed by atoms with van der Waals surface area (Å²) in [5, 5.41) is 1.07. The monoisotopic (exact) mass is 494 g/mol. The maximum atomic E-state index is 12.8. The Hall–Kier alpha value is -1.82. The summed E-state index contributed by atoms with van der Waals surface area (Å²) in [5.41, 5.74) is 2.75. The number of Topliss-reactive ketones (excluding diaryl/α,β-unsaturated/α-hetero) is 1. The molecule has 152 valence electrons. The summed E-state index contributed by atoms with van der Waals surface area (Å²) in [6.45, 7) is 3.80. The molecule has 0 atom stereocenters. The van der Waals surface area contributed by atoms with Gasteiger partial charge in [0.15, 0.2) is 12.2 Å². The van der Waals surface area contributed by atoms with Gasteiger partial charge in [-0.2, -0.15) is 0 Å². The van der Waals surface area contributed by atoms with E-state index in [9.17, 15) is 4.79 Å². The highest BCUT2D eigenvalue weighted by atomic mass is 79.9. The summed E-state index contributed by atoms with van der Waals surface area (Å²) in [6, 6.07) is 13.0. The summed E-state index contributed by atoms with van der Waals surface area (Å²) >= 11 is 12.3. The molecule has 1 aliphatic rings. The zero-order valence-corrected chi connectivity index (χ0v) is 19.1. The third kappa shape index (κ3) is 4.52. The summed E-state index contributed by atoms with van der Waals surface area (Å²) in [7, 11) is 0. The normalized spacial score (nSPS) is 12.4. The van der Waals surface area contributed by atoms with Crippen LogP contribution in [0.4, 0.5) is 0 Å². The van der Waals surface area contributed by atoms with E-state index in [1.807, 2.05) is 55.6 Å². The molecule has 3 aromatic rings. The fourth-order valence-electron chi connectivity index (χ4n) is 3.68. The van der Waals surface area contributed by atoms with Gasteiger partial charge >= 0.3 is 0 Å². The second-order valence-electron chi connectivity index (χ2n) is 6.82. The molecule has 0 fully saturated rings. The first-order valence-electron chi connectivity index (χ1n) is 9.40. The molecule has 0 spiro atoms. The molecule has 0 saturated carbocycles. The first-order valence-corrected chi connectivity index (χ1v) is 10.2. The number of hydrogen-bond donors (Lipinski definition) is 0. The fourth-order valence-corrected chi connectivity index (χ4v) is 3.98. The Labute approximate surface area is 190 Å². The molecule has 0 N–H and O–H groups in total. The van der Waals surface area contributed by atoms with E-state index < -0.39 is 0 Å². The highest BCUT2D eigenvalue weighted by Crippen LogP contribution is 2.30. The van der Waals surface area contributed by atoms with Crippen molar-refractivity contribution in [1.29, 1.82) is 0 Å². The lowest BCUT2D eigenvalue weighted by atomic mass is 10.1. The lowest BCUT2D eigenvalue weighted by Crippen LogP contribution is -3.00. The molecule has 1 aliphatic heterocycles. The van der Waals surface area contributed by atoms with Gasteiger partial charge in [-0.05, 0) is 55.8 Å². The van der Waals surface area contributed by atoms with Gasteiger partial charge in [-0.25, -0.2) is 9.13 Å². The van der Waals surface area contributed by atoms with Gasteiger partial charge in [0.25, 0.3) is 5.82 Å². The van der Waals surface area contributed by atoms with Crippen LogP contribution in [-0.2, 0) is 19.5 Å². The molecule has 2 aromatic carbocycles. The van der Waals surface area contributed by atoms with E-state index >= 15 is 0 Å². The second-order valence-corrected chi connectivity index (χ2v) is 7.64. The Morgan fingerprint density at radius 1 is 1.14 bits per heavy atom. The molecule has 0 saturated heterocycles. The Morgan fingerprint density at radius 3 is 2.59 bits per heavy atom. The number of imidazole rings is 1. The van der Waals surface area contributed by atoms with Gasteiger partial charge in [0.1, 0.15) is 11.9 Å². The van der Waals surface area contributed by atoms with Gasteiger partial charge in [-0.3, -0.25) is 4.79 Å². The largest absolute Gasteiger partial charge is 1.00 e. The van der Waals surface area contributed by atoms with Crippen LogP contribution in [-0.4, -0.2) is 17.0 Å². The smallest absolute Gasteiger partial charge is 0.257 e. The van der Waals surface area contributed by atoms with Crippen molar-refractivity contribution in [2.45, 2.75) is 32.9 Å². The number of benzene rings is 2. The maximum absolute atomic E-state index is 12.8. The van der Waals surface area contributed by atoms with Crippen molar-refractivity contribution in [2.75, 3.05) is 6.61 Å². The van der Waals surface area contributed by atoms with Crippen LogP contribution in [0, 0.1) is 0 Å². The molecule has 1 aromatic heterocycles. The van der Waals surface area contributed by atoms with E-state index in [0.29, 0.717) is 28.8 Å². The minimum atomic E-state index is 0. The van der Waals surface area contributed by atoms with Crippen molar-refractivity contribution in [3.05, 3.63) is 70.1 Å². The molecule has 2 heterocycles. The molecular formula is C22H21BrCl2N2O2. The summed E-state index contributed by atoms with van der Waals surface area (Å²) in [5.74, 6) is 2.02. The van der Waals surface area contributed by atoms with Gasteiger partial charge in [-0.1, -0.05) is 23.2 Å². The number of carbonyl (C=O) groups excluding carboxylic acids is 1. The summed E-state index contributed by atoms with van der Waals surface area (Å²) < 4.78 is 9.78. The van der Waals surface area contributed by atoms with E-state index in [1.54, 1.807) is 0 Å². The van der Waals surface area contributed by atoms with Crippen molar-refractivity contribution in [3.8, 4) is 17.0 Å². The average molecular weight is 496 g/mol. The highest BCUT2D eigenvalue weighted by molar-refractivity contribution is 6.42. The number of rotatable bonds is 6. The predicted molar refractivity (Wildman–Crippen MR) is 110 cm³/mol. The fraction of sp³-hybridized carbons (Fsp3) is 0.273. The average Bonchev–Trinajstić information content (AvgIpc) is 3.29. The number of nitrogens with zero attached hydrogens (tertiary/aromatic N) is 2. The summed E-state index contributed by atoms with van der Waals surface area (Å²) in [6.07, 6.45) is 4.07. The van der Waals surface area contributed by atoms with Crippen LogP contribution < -0.4 is 26.3 Å². The first-order chi connectivity index (χ1) is 13.6. The third-order valence-electron chi connectivity index (χ3n) is 5.01. The van der Waals surface area contributed by atoms with Crippen molar-refractivity contribution in [1.82, 2.24) is 4.57 Å². The van der Waals surface area contributed by atoms with Gasteiger partial charge < -0.3 is 21.7 Å². The van der Waals surface area contributed by atoms with E-state index in [-0.39, 0.29) is 22.8 Å². The molecule has 4 nitrogen and oxygen atoms in total. The molecule has 0 amide bonds. The first kappa shape index (κ1) is 21.9. The number of carbonyl (C=O) groups is 1. The SMILES string of the molecule is CCOc1ccc(C(=O)C[n+]2cc(-c3ccc(Cl)c(Cl)c3)n3c2CCC3)cc1.[Br-]. The van der Waals surface area contributed by atoms with E-state index in [4.69, 9.17) is 27.9 Å². The molecule has 0 bridgehead atoms. The lowest BCUT2D eigenvalue weighted by Gasteiger charge is -2.04. The predicted octanol–water partition coefficient (Wildman–Crippen LogP) is 1.98. The zero-order chi connectivity index (χ0) is 19.7. The van der Waals surface area contributed by atoms with Crippen molar-refractivity contribution >= 4 is 29.0 Å². The number of aromatic nitrogens is 2. The van der Waals surface area contributed by atoms with Crippen LogP contribution in [0.5, 0.6) is 5.75 Å². The van der Waals surface area contributed by atoms with Crippen LogP contribution in [0.25, 0.3) is 11.3 Å². The molecule has 0 unspecified atom stereocenters. The highest BCUT2D eigenvalue weighted by Gasteiger charge is 2.30. The number of fused-ring (bicyclic) bond motifs is 1. The summed E-state index contributed by atoms with van der Waals surface area (Å²) in [4.78, 5) is 12.8. The van der Waals surface area contributed by atoms with Crippen molar-refractivity contribution in [2.24, 2.45) is 0 Å². The lowest BCUT2D eigenvalue weighted by molar-refractivity contribution is -0.689. The zero-order valence-electron chi connectivity index (χ0n) is 16.0. The van der Waals surface area contributed by atoms with E-state index in [2.05, 4.69) is 9.13 Å². The van der Waals surface area contributed by atoms with Crippen molar-refractivity contribution < 1.29 is 31.1 Å². The molecule has 0 aliphatic carbocycles. The minimum Gasteiger partial charge on any atom is -1.00 e. The Balaban J connectivity index is 0.00000240. The molecule has 4 rings (SSSR count). The van der Waals surface area contributed by atoms with Gasteiger partial charge in [-0.15, -0.1) is 0 Å². The number of hydrogen-bond acceptors (Lipinski definition) is 2. The number of ketones is 1. The number of ether oxygens (including phenoxy) is 1. The van der Waals surface area contributed by atoms with Crippen LogP contribution >= 0.6 is 23.2 Å². The Bertz CT molecular complexity index is 1030. The Kier molecular flexibility index (Phi) is 7.04. The molecule has 7 heteroatoms. The Morgan fingerprint density at radius 2 is 1.90 bits per heavy atom. The molecule has 0 radical (unpaired) electrons. The van der Waals surface area contributed by atoms with Gasteiger partial charge in [0, 0.05) is 11.1 Å². The quantitative estimate of drug-likeness (QED) is 0.387. The second kappa shape index (κ2) is 9.33. The van der Waals surface area contributed by atoms with Gasteiger partial charge in [0.05, 0.1) is 29.6 Å². The molecular weight excluding hydrogens is 475 g/mol.